The van der Waals surface area contributed by atoms with Gasteiger partial charge in [0.1, 0.15) is 18.3 Å². The normalized spacial score (nSPS) is 41.0. The second-order valence-electron chi connectivity index (χ2n) is 4.45. The molecule has 2 heterocycles. The summed E-state index contributed by atoms with van der Waals surface area (Å²) in [7, 11) is 0. The first-order valence-electron chi connectivity index (χ1n) is 5.81. The van der Waals surface area contributed by atoms with Gasteiger partial charge < -0.3 is 24.1 Å². The van der Waals surface area contributed by atoms with Gasteiger partial charge in [0.05, 0.1) is 26.2 Å². The minimum atomic E-state index is -1.04. The zero-order valence-electron chi connectivity index (χ0n) is 10.0. The largest absolute Gasteiger partial charge is 0.466 e. The van der Waals surface area contributed by atoms with Gasteiger partial charge in [0.25, 0.3) is 0 Å². The predicted molar refractivity (Wildman–Crippen MR) is 56.2 cm³/mol. The number of fused-ring (bicyclic) bond motifs is 1. The van der Waals surface area contributed by atoms with Crippen molar-refractivity contribution >= 4 is 5.97 Å². The first-order valence-corrected chi connectivity index (χ1v) is 5.81. The third kappa shape index (κ3) is 2.77. The van der Waals surface area contributed by atoms with Gasteiger partial charge in [-0.2, -0.15) is 0 Å². The molecule has 1 N–H and O–H groups in total. The first-order chi connectivity index (χ1) is 8.04. The molecule has 1 unspecified atom stereocenters. The average Bonchev–Trinajstić information content (AvgIpc) is 2.60. The van der Waals surface area contributed by atoms with E-state index < -0.39 is 18.0 Å². The predicted octanol–water partition coefficient (Wildman–Crippen LogP) is -0.169. The molecule has 2 saturated heterocycles. The lowest BCUT2D eigenvalue weighted by Gasteiger charge is -2.39. The first kappa shape index (κ1) is 12.8. The summed E-state index contributed by atoms with van der Waals surface area (Å²) < 4.78 is 21.3. The highest BCUT2D eigenvalue weighted by Gasteiger charge is 2.48. The molecule has 0 saturated carbocycles. The number of carbonyl (C=O) groups is 1. The smallest absolute Gasteiger partial charge is 0.311 e. The fourth-order valence-corrected chi connectivity index (χ4v) is 2.10. The van der Waals surface area contributed by atoms with Crippen molar-refractivity contribution < 1.29 is 28.8 Å². The van der Waals surface area contributed by atoms with Crippen LogP contribution < -0.4 is 0 Å². The molecule has 17 heavy (non-hydrogen) atoms. The fourth-order valence-electron chi connectivity index (χ4n) is 2.10. The van der Waals surface area contributed by atoms with Gasteiger partial charge in [-0.15, -0.1) is 0 Å². The molecular weight excluding hydrogens is 228 g/mol. The number of hydrogen-bond acceptors (Lipinski definition) is 6. The number of esters is 1. The molecule has 0 aromatic carbocycles. The van der Waals surface area contributed by atoms with E-state index in [2.05, 4.69) is 0 Å². The van der Waals surface area contributed by atoms with Crippen molar-refractivity contribution in [1.29, 1.82) is 0 Å². The summed E-state index contributed by atoms with van der Waals surface area (Å²) in [6.07, 6.45) is -1.33. The molecule has 0 radical (unpaired) electrons. The lowest BCUT2D eigenvalue weighted by atomic mass is 10.1. The van der Waals surface area contributed by atoms with Crippen LogP contribution in [0, 0.1) is 0 Å². The Bertz CT molecular complexity index is 294. The van der Waals surface area contributed by atoms with Crippen LogP contribution in [-0.2, 0) is 23.7 Å². The van der Waals surface area contributed by atoms with Gasteiger partial charge in [0.15, 0.2) is 5.79 Å². The molecule has 0 amide bonds. The van der Waals surface area contributed by atoms with Crippen LogP contribution in [0.15, 0.2) is 0 Å². The average molecular weight is 246 g/mol. The number of hydrogen-bond donors (Lipinski definition) is 1. The highest BCUT2D eigenvalue weighted by molar-refractivity contribution is 5.70. The molecule has 0 aromatic rings. The standard InChI is InChI=1S/C11H18O6/c1-3-14-9(13)4-11(2)16-6-8-10(17-11)7(12)5-15-8/h7-8,10,12H,3-6H2,1-2H3/t7-,8+,10?,11+/m1/s1. The van der Waals surface area contributed by atoms with E-state index >= 15 is 0 Å². The number of carbonyl (C=O) groups excluding carboxylic acids is 1. The van der Waals surface area contributed by atoms with Crippen molar-refractivity contribution in [2.45, 2.75) is 44.4 Å². The minimum absolute atomic E-state index is 0.0107. The van der Waals surface area contributed by atoms with Crippen LogP contribution in [0.25, 0.3) is 0 Å². The molecule has 2 aliphatic rings. The van der Waals surface area contributed by atoms with E-state index in [1.165, 1.54) is 0 Å². The lowest BCUT2D eigenvalue weighted by molar-refractivity contribution is -0.309. The van der Waals surface area contributed by atoms with Crippen LogP contribution in [-0.4, -0.2) is 55.0 Å². The van der Waals surface area contributed by atoms with Gasteiger partial charge in [-0.05, 0) is 13.8 Å². The number of ether oxygens (including phenoxy) is 4. The van der Waals surface area contributed by atoms with Crippen molar-refractivity contribution in [3.8, 4) is 0 Å². The Kier molecular flexibility index (Phi) is 3.67. The van der Waals surface area contributed by atoms with Crippen LogP contribution in [0.2, 0.25) is 0 Å². The molecule has 98 valence electrons. The van der Waals surface area contributed by atoms with Crippen LogP contribution in [0.1, 0.15) is 20.3 Å². The third-order valence-corrected chi connectivity index (χ3v) is 2.94. The van der Waals surface area contributed by atoms with Crippen LogP contribution in [0.4, 0.5) is 0 Å². The van der Waals surface area contributed by atoms with E-state index in [9.17, 15) is 9.90 Å². The Morgan fingerprint density at radius 2 is 2.29 bits per heavy atom. The van der Waals surface area contributed by atoms with E-state index in [1.54, 1.807) is 13.8 Å². The summed E-state index contributed by atoms with van der Waals surface area (Å²) in [6, 6.07) is 0. The number of rotatable bonds is 3. The second-order valence-corrected chi connectivity index (χ2v) is 4.45. The zero-order valence-corrected chi connectivity index (χ0v) is 10.0. The van der Waals surface area contributed by atoms with Crippen LogP contribution in [0.5, 0.6) is 0 Å². The molecule has 0 aliphatic carbocycles. The van der Waals surface area contributed by atoms with Gasteiger partial charge in [0.2, 0.25) is 0 Å². The van der Waals surface area contributed by atoms with Crippen molar-refractivity contribution in [2.24, 2.45) is 0 Å². The maximum Gasteiger partial charge on any atom is 0.311 e. The molecule has 6 nitrogen and oxygen atoms in total. The monoisotopic (exact) mass is 246 g/mol. The van der Waals surface area contributed by atoms with Gasteiger partial charge in [-0.3, -0.25) is 4.79 Å². The quantitative estimate of drug-likeness (QED) is 0.697. The molecule has 2 rings (SSSR count). The van der Waals surface area contributed by atoms with E-state index in [0.717, 1.165) is 0 Å². The number of aliphatic hydroxyl groups is 1. The van der Waals surface area contributed by atoms with Gasteiger partial charge in [0, 0.05) is 0 Å². The summed E-state index contributed by atoms with van der Waals surface area (Å²) in [5.41, 5.74) is 0. The van der Waals surface area contributed by atoms with Crippen molar-refractivity contribution in [1.82, 2.24) is 0 Å². The lowest BCUT2D eigenvalue weighted by Crippen LogP contribution is -2.52. The van der Waals surface area contributed by atoms with Crippen molar-refractivity contribution in [2.75, 3.05) is 19.8 Å². The van der Waals surface area contributed by atoms with E-state index in [0.29, 0.717) is 13.2 Å². The van der Waals surface area contributed by atoms with Gasteiger partial charge in [-0.25, -0.2) is 0 Å². The van der Waals surface area contributed by atoms with Gasteiger partial charge in [-0.1, -0.05) is 0 Å². The Morgan fingerprint density at radius 1 is 1.53 bits per heavy atom. The van der Waals surface area contributed by atoms with Crippen molar-refractivity contribution in [3.63, 3.8) is 0 Å². The summed E-state index contributed by atoms with van der Waals surface area (Å²) in [5, 5.41) is 9.67. The van der Waals surface area contributed by atoms with E-state index in [4.69, 9.17) is 18.9 Å². The molecule has 0 bridgehead atoms. The Hall–Kier alpha value is -0.690. The summed E-state index contributed by atoms with van der Waals surface area (Å²) in [5.74, 6) is -1.41. The van der Waals surface area contributed by atoms with Gasteiger partial charge >= 0.3 is 5.97 Å². The third-order valence-electron chi connectivity index (χ3n) is 2.94. The Labute approximate surface area is 99.8 Å². The molecule has 6 heteroatoms. The maximum absolute atomic E-state index is 11.4. The topological polar surface area (TPSA) is 74.2 Å². The van der Waals surface area contributed by atoms with Crippen molar-refractivity contribution in [3.05, 3.63) is 0 Å². The molecule has 2 aliphatic heterocycles. The fraction of sp³-hybridized carbons (Fsp3) is 0.909. The molecule has 2 fully saturated rings. The van der Waals surface area contributed by atoms with E-state index in [-0.39, 0.29) is 25.1 Å². The molecule has 0 aromatic heterocycles. The van der Waals surface area contributed by atoms with Crippen LogP contribution in [0.3, 0.4) is 0 Å². The highest BCUT2D eigenvalue weighted by Crippen LogP contribution is 2.32. The Balaban J connectivity index is 1.95. The molecule has 0 spiro atoms. The summed E-state index contributed by atoms with van der Waals surface area (Å²) in [4.78, 5) is 11.4. The van der Waals surface area contributed by atoms with Crippen LogP contribution >= 0.6 is 0 Å². The highest BCUT2D eigenvalue weighted by atomic mass is 16.7. The summed E-state index contributed by atoms with van der Waals surface area (Å²) >= 11 is 0. The second kappa shape index (κ2) is 4.89. The SMILES string of the molecule is CCOC(=O)C[C@@]1(C)OC[C@@H]2OC[C@@H](O)C2O1. The molecule has 4 atom stereocenters. The minimum Gasteiger partial charge on any atom is -0.466 e. The Morgan fingerprint density at radius 3 is 3.00 bits per heavy atom. The van der Waals surface area contributed by atoms with E-state index in [1.807, 2.05) is 0 Å². The summed E-state index contributed by atoms with van der Waals surface area (Å²) in [6.45, 7) is 4.30. The maximum atomic E-state index is 11.4. The zero-order chi connectivity index (χ0) is 12.5. The molecular formula is C11H18O6. The number of aliphatic hydroxyl groups excluding tert-OH is 1.